The molecule has 1 aliphatic rings. The maximum atomic E-state index is 13.8. The Balaban J connectivity index is 1.73. The average molecular weight is 404 g/mol. The lowest BCUT2D eigenvalue weighted by atomic mass is 9.83. The maximum absolute atomic E-state index is 13.8. The molecule has 0 spiro atoms. The first-order valence-corrected chi connectivity index (χ1v) is 9.59. The van der Waals surface area contributed by atoms with Crippen molar-refractivity contribution in [2.24, 2.45) is 0 Å². The molecule has 1 saturated heterocycles. The molecule has 1 fully saturated rings. The minimum Gasteiger partial charge on any atom is -0.496 e. The summed E-state index contributed by atoms with van der Waals surface area (Å²) < 4.78 is 19.1. The molecule has 1 aliphatic heterocycles. The molecule has 3 amide bonds. The van der Waals surface area contributed by atoms with Crippen molar-refractivity contribution in [1.82, 2.24) is 10.2 Å². The van der Waals surface area contributed by atoms with E-state index in [1.54, 1.807) is 0 Å². The van der Waals surface area contributed by atoms with Crippen LogP contribution in [0.25, 0.3) is 0 Å². The lowest BCUT2D eigenvalue weighted by Gasteiger charge is -2.27. The van der Waals surface area contributed by atoms with E-state index in [1.165, 1.54) is 25.3 Å². The molecule has 3 aromatic rings. The van der Waals surface area contributed by atoms with E-state index < -0.39 is 17.4 Å². The Bertz CT molecular complexity index is 1070. The zero-order valence-corrected chi connectivity index (χ0v) is 16.5. The molecule has 1 unspecified atom stereocenters. The minimum atomic E-state index is -1.24. The van der Waals surface area contributed by atoms with E-state index in [-0.39, 0.29) is 12.5 Å². The molecule has 4 rings (SSSR count). The molecule has 30 heavy (non-hydrogen) atoms. The first kappa shape index (κ1) is 19.6. The summed E-state index contributed by atoms with van der Waals surface area (Å²) in [6, 6.07) is 22.2. The van der Waals surface area contributed by atoms with Crippen LogP contribution in [-0.2, 0) is 23.3 Å². The molecule has 152 valence electrons. The number of nitrogens with one attached hydrogen (secondary N) is 1. The number of ether oxygens (including phenoxy) is 1. The van der Waals surface area contributed by atoms with Gasteiger partial charge in [-0.2, -0.15) is 0 Å². The van der Waals surface area contributed by atoms with Gasteiger partial charge >= 0.3 is 6.03 Å². The van der Waals surface area contributed by atoms with Gasteiger partial charge in [0.05, 0.1) is 13.7 Å². The van der Waals surface area contributed by atoms with E-state index in [4.69, 9.17) is 4.74 Å². The molecular formula is C24H21FN2O3. The number of benzene rings is 3. The number of methoxy groups -OCH3 is 1. The van der Waals surface area contributed by atoms with Gasteiger partial charge in [0.25, 0.3) is 5.91 Å². The van der Waals surface area contributed by atoms with Crippen molar-refractivity contribution < 1.29 is 18.7 Å². The van der Waals surface area contributed by atoms with Crippen LogP contribution in [0.4, 0.5) is 9.18 Å². The van der Waals surface area contributed by atoms with E-state index in [0.29, 0.717) is 23.3 Å². The monoisotopic (exact) mass is 404 g/mol. The average Bonchev–Trinajstić information content (AvgIpc) is 3.00. The summed E-state index contributed by atoms with van der Waals surface area (Å²) in [4.78, 5) is 27.7. The van der Waals surface area contributed by atoms with Crippen LogP contribution in [0.1, 0.15) is 16.7 Å². The van der Waals surface area contributed by atoms with E-state index in [2.05, 4.69) is 5.32 Å². The van der Waals surface area contributed by atoms with Crippen molar-refractivity contribution in [3.8, 4) is 5.75 Å². The predicted octanol–water partition coefficient (Wildman–Crippen LogP) is 4.02. The third-order valence-electron chi connectivity index (χ3n) is 5.33. The Labute approximate surface area is 174 Å². The van der Waals surface area contributed by atoms with Crippen LogP contribution in [0.15, 0.2) is 78.9 Å². The number of amides is 3. The first-order valence-electron chi connectivity index (χ1n) is 9.59. The Kier molecular flexibility index (Phi) is 5.23. The summed E-state index contributed by atoms with van der Waals surface area (Å²) >= 11 is 0. The maximum Gasteiger partial charge on any atom is 0.325 e. The SMILES string of the molecule is COc1ccc(F)cc1CN1C(=O)NC(Cc2ccccc2)(c2ccccc2)C1=O. The number of urea groups is 1. The quantitative estimate of drug-likeness (QED) is 0.631. The van der Waals surface area contributed by atoms with Crippen molar-refractivity contribution in [1.29, 1.82) is 0 Å². The Morgan fingerprint density at radius 3 is 2.30 bits per heavy atom. The number of carbonyl (C=O) groups is 2. The zero-order chi connectivity index (χ0) is 21.1. The summed E-state index contributed by atoms with van der Waals surface area (Å²) in [5, 5.41) is 2.91. The number of nitrogens with zero attached hydrogens (tertiary/aromatic N) is 1. The van der Waals surface area contributed by atoms with Crippen molar-refractivity contribution in [3.05, 3.63) is 101 Å². The van der Waals surface area contributed by atoms with Crippen molar-refractivity contribution >= 4 is 11.9 Å². The molecule has 6 heteroatoms. The highest BCUT2D eigenvalue weighted by atomic mass is 19.1. The molecule has 1 heterocycles. The largest absolute Gasteiger partial charge is 0.496 e. The number of rotatable bonds is 6. The van der Waals surface area contributed by atoms with E-state index in [1.807, 2.05) is 60.7 Å². The molecule has 0 aromatic heterocycles. The molecule has 1 atom stereocenters. The van der Waals surface area contributed by atoms with Crippen LogP contribution in [0.3, 0.4) is 0 Å². The Morgan fingerprint density at radius 2 is 1.63 bits per heavy atom. The third-order valence-corrected chi connectivity index (χ3v) is 5.33. The second kappa shape index (κ2) is 7.99. The van der Waals surface area contributed by atoms with Crippen LogP contribution in [-0.4, -0.2) is 23.9 Å². The number of hydrogen-bond donors (Lipinski definition) is 1. The van der Waals surface area contributed by atoms with Gasteiger partial charge < -0.3 is 10.1 Å². The molecule has 5 nitrogen and oxygen atoms in total. The number of hydrogen-bond acceptors (Lipinski definition) is 3. The van der Waals surface area contributed by atoms with Crippen molar-refractivity contribution in [2.75, 3.05) is 7.11 Å². The lowest BCUT2D eigenvalue weighted by molar-refractivity contribution is -0.132. The van der Waals surface area contributed by atoms with Gasteiger partial charge in [0.1, 0.15) is 11.6 Å². The molecular weight excluding hydrogens is 383 g/mol. The summed E-state index contributed by atoms with van der Waals surface area (Å²) in [6.07, 6.45) is 0.305. The summed E-state index contributed by atoms with van der Waals surface area (Å²) in [5.41, 5.74) is 0.797. The highest BCUT2D eigenvalue weighted by Crippen LogP contribution is 2.34. The Hall–Kier alpha value is -3.67. The third kappa shape index (κ3) is 3.52. The second-order valence-electron chi connectivity index (χ2n) is 7.21. The van der Waals surface area contributed by atoms with Gasteiger partial charge in [0.2, 0.25) is 0 Å². The van der Waals surface area contributed by atoms with Crippen LogP contribution >= 0.6 is 0 Å². The van der Waals surface area contributed by atoms with Crippen LogP contribution < -0.4 is 10.1 Å². The molecule has 0 radical (unpaired) electrons. The fourth-order valence-electron chi connectivity index (χ4n) is 3.85. The van der Waals surface area contributed by atoms with Crippen LogP contribution in [0.5, 0.6) is 5.75 Å². The van der Waals surface area contributed by atoms with Crippen LogP contribution in [0, 0.1) is 5.82 Å². The van der Waals surface area contributed by atoms with Gasteiger partial charge in [-0.1, -0.05) is 60.7 Å². The van der Waals surface area contributed by atoms with Gasteiger partial charge in [-0.25, -0.2) is 9.18 Å². The second-order valence-corrected chi connectivity index (χ2v) is 7.21. The summed E-state index contributed by atoms with van der Waals surface area (Å²) in [5.74, 6) is -0.428. The fraction of sp³-hybridized carbons (Fsp3) is 0.167. The Morgan fingerprint density at radius 1 is 0.967 bits per heavy atom. The topological polar surface area (TPSA) is 58.6 Å². The lowest BCUT2D eigenvalue weighted by Crippen LogP contribution is -2.46. The standard InChI is InChI=1S/C24H21FN2O3/c1-30-21-13-12-20(25)14-18(21)16-27-22(28)24(26-23(27)29,19-10-6-3-7-11-19)15-17-8-4-2-5-9-17/h2-14H,15-16H2,1H3,(H,26,29). The van der Waals surface area contributed by atoms with Crippen molar-refractivity contribution in [2.45, 2.75) is 18.5 Å². The number of carbonyl (C=O) groups excluding carboxylic acids is 2. The first-order chi connectivity index (χ1) is 14.5. The van der Waals surface area contributed by atoms with Gasteiger partial charge in [0.15, 0.2) is 5.54 Å². The highest BCUT2D eigenvalue weighted by Gasteiger charge is 2.52. The molecule has 1 N–H and O–H groups in total. The van der Waals surface area contributed by atoms with Gasteiger partial charge in [-0.05, 0) is 29.3 Å². The zero-order valence-electron chi connectivity index (χ0n) is 16.5. The fourth-order valence-corrected chi connectivity index (χ4v) is 3.85. The smallest absolute Gasteiger partial charge is 0.325 e. The number of imide groups is 1. The van der Waals surface area contributed by atoms with E-state index in [9.17, 15) is 14.0 Å². The summed E-state index contributed by atoms with van der Waals surface area (Å²) in [7, 11) is 1.46. The van der Waals surface area contributed by atoms with Gasteiger partial charge in [-0.15, -0.1) is 0 Å². The summed E-state index contributed by atoms with van der Waals surface area (Å²) in [6.45, 7) is -0.0883. The number of halogens is 1. The van der Waals surface area contributed by atoms with E-state index in [0.717, 1.165) is 10.5 Å². The molecule has 0 saturated carbocycles. The van der Waals surface area contributed by atoms with Gasteiger partial charge in [0, 0.05) is 12.0 Å². The molecule has 3 aromatic carbocycles. The minimum absolute atomic E-state index is 0.0883. The normalized spacial score (nSPS) is 18.4. The van der Waals surface area contributed by atoms with Gasteiger partial charge in [-0.3, -0.25) is 9.69 Å². The van der Waals surface area contributed by atoms with Crippen molar-refractivity contribution in [3.63, 3.8) is 0 Å². The molecule has 0 bridgehead atoms. The highest BCUT2D eigenvalue weighted by molar-refractivity contribution is 6.07. The van der Waals surface area contributed by atoms with Crippen LogP contribution in [0.2, 0.25) is 0 Å². The van der Waals surface area contributed by atoms with E-state index >= 15 is 0 Å². The molecule has 0 aliphatic carbocycles. The predicted molar refractivity (Wildman–Crippen MR) is 110 cm³/mol.